The predicted molar refractivity (Wildman–Crippen MR) is 126 cm³/mol. The second kappa shape index (κ2) is 10.1. The second-order valence-electron chi connectivity index (χ2n) is 9.75. The average Bonchev–Trinajstić information content (AvgIpc) is 3.56. The first-order chi connectivity index (χ1) is 16.0. The van der Waals surface area contributed by atoms with Crippen molar-refractivity contribution in [2.75, 3.05) is 13.2 Å². The number of ether oxygens (including phenoxy) is 1. The minimum absolute atomic E-state index is 0.132. The van der Waals surface area contributed by atoms with Gasteiger partial charge in [-0.25, -0.2) is 4.21 Å². The molecule has 178 valence electrons. The minimum atomic E-state index is -1.87. The molecular formula is C25H32N2O5S. The molecule has 0 radical (unpaired) electrons. The van der Waals surface area contributed by atoms with Crippen LogP contribution in [0.5, 0.6) is 5.75 Å². The standard InChI is InChI=1S/C25H32N2O5S/c28-24-11-23(15-26-13-20-3-1-2-4-21(20)14-26)31-17-25(24)32-16-19-7-5-18(6-8-19)12-27(33(29)30)22-9-10-22/h1-4,11,17-19,22H,5-10,12-16H2,(H,29,30). The summed E-state index contributed by atoms with van der Waals surface area (Å²) in [5, 5.41) is 0. The number of nitrogens with zero attached hydrogens (tertiary/aromatic N) is 2. The molecule has 8 heteroatoms. The van der Waals surface area contributed by atoms with Gasteiger partial charge in [0.1, 0.15) is 12.0 Å². The van der Waals surface area contributed by atoms with Crippen molar-refractivity contribution < 1.29 is 17.9 Å². The maximum absolute atomic E-state index is 12.6. The lowest BCUT2D eigenvalue weighted by Gasteiger charge is -2.31. The van der Waals surface area contributed by atoms with Crippen molar-refractivity contribution in [3.8, 4) is 5.75 Å². The van der Waals surface area contributed by atoms with E-state index in [9.17, 15) is 13.6 Å². The van der Waals surface area contributed by atoms with Crippen molar-refractivity contribution in [3.63, 3.8) is 0 Å². The van der Waals surface area contributed by atoms with Crippen LogP contribution in [0.1, 0.15) is 55.4 Å². The van der Waals surface area contributed by atoms with E-state index in [1.807, 2.05) is 0 Å². The third-order valence-electron chi connectivity index (χ3n) is 7.17. The fourth-order valence-corrected chi connectivity index (χ4v) is 5.91. The molecule has 33 heavy (non-hydrogen) atoms. The van der Waals surface area contributed by atoms with Crippen LogP contribution in [-0.4, -0.2) is 37.2 Å². The summed E-state index contributed by atoms with van der Waals surface area (Å²) >= 11 is -1.87. The molecule has 1 aromatic carbocycles. The monoisotopic (exact) mass is 472 g/mol. The molecule has 0 amide bonds. The molecule has 1 aromatic heterocycles. The van der Waals surface area contributed by atoms with Crippen LogP contribution in [-0.2, 0) is 30.9 Å². The first-order valence-electron chi connectivity index (χ1n) is 12.0. The Bertz CT molecular complexity index is 1020. The maximum atomic E-state index is 12.6. The third kappa shape index (κ3) is 5.74. The van der Waals surface area contributed by atoms with Crippen LogP contribution in [0, 0.1) is 11.8 Å². The summed E-state index contributed by atoms with van der Waals surface area (Å²) in [5.74, 6) is 1.79. The second-order valence-corrected chi connectivity index (χ2v) is 10.7. The fourth-order valence-electron chi connectivity index (χ4n) is 5.11. The van der Waals surface area contributed by atoms with E-state index in [0.29, 0.717) is 43.3 Å². The van der Waals surface area contributed by atoms with Crippen LogP contribution < -0.4 is 10.2 Å². The molecule has 2 heterocycles. The van der Waals surface area contributed by atoms with Crippen molar-refractivity contribution in [2.24, 2.45) is 11.8 Å². The Morgan fingerprint density at radius 3 is 2.33 bits per heavy atom. The van der Waals surface area contributed by atoms with Crippen LogP contribution in [0.25, 0.3) is 0 Å². The van der Waals surface area contributed by atoms with Gasteiger partial charge in [0.05, 0.1) is 13.2 Å². The highest BCUT2D eigenvalue weighted by Crippen LogP contribution is 2.34. The highest BCUT2D eigenvalue weighted by Gasteiger charge is 2.35. The molecular weight excluding hydrogens is 440 g/mol. The molecule has 1 N–H and O–H groups in total. The van der Waals surface area contributed by atoms with E-state index in [1.165, 1.54) is 17.4 Å². The van der Waals surface area contributed by atoms with Crippen molar-refractivity contribution in [2.45, 2.75) is 64.2 Å². The summed E-state index contributed by atoms with van der Waals surface area (Å²) in [5.41, 5.74) is 2.53. The summed E-state index contributed by atoms with van der Waals surface area (Å²) in [6, 6.07) is 10.2. The van der Waals surface area contributed by atoms with Crippen molar-refractivity contribution in [3.05, 3.63) is 63.7 Å². The van der Waals surface area contributed by atoms with Crippen molar-refractivity contribution in [1.82, 2.24) is 9.21 Å². The van der Waals surface area contributed by atoms with Gasteiger partial charge < -0.3 is 9.15 Å². The number of fused-ring (bicyclic) bond motifs is 1. The lowest BCUT2D eigenvalue weighted by atomic mass is 9.82. The van der Waals surface area contributed by atoms with Crippen LogP contribution >= 0.6 is 0 Å². The SMILES string of the molecule is O=c1cc(CN2Cc3ccccc3C2)occ1OCC1CCC(CN(C2CC2)S(=O)O)CC1. The van der Waals surface area contributed by atoms with Crippen molar-refractivity contribution in [1.29, 1.82) is 0 Å². The van der Waals surface area contributed by atoms with Gasteiger partial charge in [-0.1, -0.05) is 24.3 Å². The Labute approximate surface area is 197 Å². The molecule has 3 aliphatic rings. The first kappa shape index (κ1) is 22.8. The fraction of sp³-hybridized carbons (Fsp3) is 0.560. The Morgan fingerprint density at radius 2 is 1.73 bits per heavy atom. The highest BCUT2D eigenvalue weighted by atomic mass is 32.2. The summed E-state index contributed by atoms with van der Waals surface area (Å²) in [6.07, 6.45) is 7.60. The van der Waals surface area contributed by atoms with E-state index in [4.69, 9.17) is 9.15 Å². The Balaban J connectivity index is 1.07. The minimum Gasteiger partial charge on any atom is -0.486 e. The number of benzene rings is 1. The van der Waals surface area contributed by atoms with E-state index in [-0.39, 0.29) is 11.2 Å². The van der Waals surface area contributed by atoms with Gasteiger partial charge in [0.2, 0.25) is 22.4 Å². The van der Waals surface area contributed by atoms with E-state index >= 15 is 0 Å². The van der Waals surface area contributed by atoms with Crippen LogP contribution in [0.2, 0.25) is 0 Å². The molecule has 2 aromatic rings. The number of hydrogen-bond donors (Lipinski definition) is 1. The largest absolute Gasteiger partial charge is 0.486 e. The zero-order chi connectivity index (χ0) is 22.8. The molecule has 2 saturated carbocycles. The summed E-state index contributed by atoms with van der Waals surface area (Å²) in [6.45, 7) is 3.55. The molecule has 7 nitrogen and oxygen atoms in total. The molecule has 0 spiro atoms. The predicted octanol–water partition coefficient (Wildman–Crippen LogP) is 3.94. The normalized spacial score (nSPS) is 24.1. The van der Waals surface area contributed by atoms with Crippen molar-refractivity contribution >= 4 is 11.3 Å². The number of hydrogen-bond acceptors (Lipinski definition) is 5. The lowest BCUT2D eigenvalue weighted by molar-refractivity contribution is 0.165. The van der Waals surface area contributed by atoms with Gasteiger partial charge in [-0.2, -0.15) is 4.31 Å². The van der Waals surface area contributed by atoms with Gasteiger partial charge in [-0.3, -0.25) is 14.2 Å². The van der Waals surface area contributed by atoms with Gasteiger partial charge in [-0.05, 0) is 61.5 Å². The topological polar surface area (TPSA) is 83.2 Å². The highest BCUT2D eigenvalue weighted by molar-refractivity contribution is 7.76. The van der Waals surface area contributed by atoms with Gasteiger partial charge in [0.25, 0.3) is 0 Å². The van der Waals surface area contributed by atoms with E-state index in [2.05, 4.69) is 29.2 Å². The first-order valence-corrected chi connectivity index (χ1v) is 13.0. The summed E-state index contributed by atoms with van der Waals surface area (Å²) in [7, 11) is 0. The maximum Gasteiger partial charge on any atom is 0.234 e. The van der Waals surface area contributed by atoms with Crippen LogP contribution in [0.3, 0.4) is 0 Å². The molecule has 1 aliphatic heterocycles. The van der Waals surface area contributed by atoms with E-state index in [0.717, 1.165) is 51.6 Å². The van der Waals surface area contributed by atoms with E-state index in [1.54, 1.807) is 10.4 Å². The average molecular weight is 473 g/mol. The van der Waals surface area contributed by atoms with Crippen LogP contribution in [0.15, 0.2) is 45.8 Å². The molecule has 2 aliphatic carbocycles. The molecule has 2 fully saturated rings. The molecule has 0 saturated heterocycles. The lowest BCUT2D eigenvalue weighted by Crippen LogP contribution is -2.35. The smallest absolute Gasteiger partial charge is 0.234 e. The third-order valence-corrected chi connectivity index (χ3v) is 8.02. The van der Waals surface area contributed by atoms with Gasteiger partial charge in [0, 0.05) is 31.7 Å². The van der Waals surface area contributed by atoms with Gasteiger partial charge in [-0.15, -0.1) is 0 Å². The summed E-state index contributed by atoms with van der Waals surface area (Å²) in [4.78, 5) is 14.8. The molecule has 5 rings (SSSR count). The van der Waals surface area contributed by atoms with Crippen LogP contribution in [0.4, 0.5) is 0 Å². The quantitative estimate of drug-likeness (QED) is 0.557. The molecule has 0 bridgehead atoms. The zero-order valence-corrected chi connectivity index (χ0v) is 19.7. The van der Waals surface area contributed by atoms with E-state index < -0.39 is 11.3 Å². The molecule has 1 atom stereocenters. The Hall–Kier alpha value is -2.00. The van der Waals surface area contributed by atoms with Gasteiger partial charge >= 0.3 is 0 Å². The Kier molecular flexibility index (Phi) is 6.97. The molecule has 1 unspecified atom stereocenters. The Morgan fingerprint density at radius 1 is 1.06 bits per heavy atom. The zero-order valence-electron chi connectivity index (χ0n) is 18.9. The summed E-state index contributed by atoms with van der Waals surface area (Å²) < 4.78 is 34.4. The number of rotatable bonds is 9. The van der Waals surface area contributed by atoms with Gasteiger partial charge in [0.15, 0.2) is 0 Å².